The van der Waals surface area contributed by atoms with E-state index < -0.39 is 0 Å². The fourth-order valence-electron chi connectivity index (χ4n) is 3.05. The summed E-state index contributed by atoms with van der Waals surface area (Å²) in [5.41, 5.74) is 0.581. The van der Waals surface area contributed by atoms with Crippen molar-refractivity contribution < 1.29 is 0 Å². The summed E-state index contributed by atoms with van der Waals surface area (Å²) >= 11 is 2.00. The lowest BCUT2D eigenvalue weighted by atomic mass is 9.66. The zero-order valence-corrected chi connectivity index (χ0v) is 13.2. The lowest BCUT2D eigenvalue weighted by Gasteiger charge is -2.41. The van der Waals surface area contributed by atoms with Gasteiger partial charge in [0.15, 0.2) is 0 Å². The Hall–Kier alpha value is 0.310. The summed E-state index contributed by atoms with van der Waals surface area (Å²) in [6, 6.07) is 0.631. The van der Waals surface area contributed by atoms with E-state index in [1.54, 1.807) is 0 Å². The van der Waals surface area contributed by atoms with Crippen molar-refractivity contribution >= 4 is 11.8 Å². The van der Waals surface area contributed by atoms with Gasteiger partial charge in [-0.15, -0.1) is 0 Å². The molecule has 0 aliphatic heterocycles. The third-order valence-corrected chi connectivity index (χ3v) is 4.80. The molecule has 0 heterocycles. The van der Waals surface area contributed by atoms with Crippen LogP contribution in [-0.2, 0) is 0 Å². The average molecular weight is 257 g/mol. The smallest absolute Gasteiger partial charge is 0.00104 e. The van der Waals surface area contributed by atoms with E-state index in [2.05, 4.69) is 39.3 Å². The molecule has 0 spiro atoms. The standard InChI is InChI=1S/C15H31NS/c1-12(2)16-11-14-6-8-15(3,4)10-13(14)7-9-17-5/h12-14,16H,6-11H2,1-5H3. The van der Waals surface area contributed by atoms with Crippen molar-refractivity contribution in [2.75, 3.05) is 18.6 Å². The van der Waals surface area contributed by atoms with Crippen molar-refractivity contribution in [1.82, 2.24) is 5.32 Å². The second kappa shape index (κ2) is 7.04. The van der Waals surface area contributed by atoms with Crippen LogP contribution in [0.3, 0.4) is 0 Å². The molecule has 1 fully saturated rings. The number of rotatable bonds is 6. The highest BCUT2D eigenvalue weighted by atomic mass is 32.2. The summed E-state index contributed by atoms with van der Waals surface area (Å²) in [5.74, 6) is 3.19. The Kier molecular flexibility index (Phi) is 6.36. The highest BCUT2D eigenvalue weighted by molar-refractivity contribution is 7.98. The summed E-state index contributed by atoms with van der Waals surface area (Å²) < 4.78 is 0. The van der Waals surface area contributed by atoms with Gasteiger partial charge in [-0.05, 0) is 61.5 Å². The largest absolute Gasteiger partial charge is 0.314 e. The lowest BCUT2D eigenvalue weighted by molar-refractivity contribution is 0.113. The third-order valence-electron chi connectivity index (χ3n) is 4.15. The molecule has 1 N–H and O–H groups in total. The molecule has 0 radical (unpaired) electrons. The maximum absolute atomic E-state index is 3.64. The summed E-state index contributed by atoms with van der Waals surface area (Å²) in [6.45, 7) is 10.6. The van der Waals surface area contributed by atoms with Gasteiger partial charge in [-0.2, -0.15) is 11.8 Å². The molecule has 0 saturated heterocycles. The van der Waals surface area contributed by atoms with Crippen LogP contribution in [0.15, 0.2) is 0 Å². The number of thioether (sulfide) groups is 1. The van der Waals surface area contributed by atoms with E-state index in [0.29, 0.717) is 11.5 Å². The van der Waals surface area contributed by atoms with Gasteiger partial charge < -0.3 is 5.32 Å². The van der Waals surface area contributed by atoms with Crippen molar-refractivity contribution in [3.8, 4) is 0 Å². The summed E-state index contributed by atoms with van der Waals surface area (Å²) in [5, 5.41) is 3.64. The Morgan fingerprint density at radius 2 is 2.00 bits per heavy atom. The minimum atomic E-state index is 0.581. The molecule has 1 aliphatic carbocycles. The monoisotopic (exact) mass is 257 g/mol. The van der Waals surface area contributed by atoms with Gasteiger partial charge in [-0.25, -0.2) is 0 Å². The Balaban J connectivity index is 2.48. The topological polar surface area (TPSA) is 12.0 Å². The van der Waals surface area contributed by atoms with Gasteiger partial charge in [0.2, 0.25) is 0 Å². The van der Waals surface area contributed by atoms with Gasteiger partial charge in [0.05, 0.1) is 0 Å². The molecule has 1 rings (SSSR count). The van der Waals surface area contributed by atoms with Crippen molar-refractivity contribution in [2.45, 2.75) is 59.4 Å². The number of nitrogens with one attached hydrogen (secondary N) is 1. The molecule has 17 heavy (non-hydrogen) atoms. The second-order valence-electron chi connectivity index (χ2n) is 6.77. The molecule has 1 saturated carbocycles. The molecule has 0 aromatic heterocycles. The predicted octanol–water partition coefficient (Wildman–Crippen LogP) is 4.18. The average Bonchev–Trinajstić information content (AvgIpc) is 2.24. The van der Waals surface area contributed by atoms with Gasteiger partial charge >= 0.3 is 0 Å². The van der Waals surface area contributed by atoms with Gasteiger partial charge in [0.1, 0.15) is 0 Å². The maximum atomic E-state index is 3.64. The molecular weight excluding hydrogens is 226 g/mol. The SMILES string of the molecule is CSCCC1CC(C)(C)CCC1CNC(C)C. The van der Waals surface area contributed by atoms with Crippen LogP contribution in [0.5, 0.6) is 0 Å². The van der Waals surface area contributed by atoms with Crippen LogP contribution in [0.25, 0.3) is 0 Å². The Labute approximate surface area is 113 Å². The van der Waals surface area contributed by atoms with E-state index >= 15 is 0 Å². The van der Waals surface area contributed by atoms with Gasteiger partial charge in [-0.3, -0.25) is 0 Å². The van der Waals surface area contributed by atoms with Gasteiger partial charge in [0.25, 0.3) is 0 Å². The molecular formula is C15H31NS. The Bertz CT molecular complexity index is 211. The van der Waals surface area contributed by atoms with E-state index in [-0.39, 0.29) is 0 Å². The van der Waals surface area contributed by atoms with Crippen LogP contribution < -0.4 is 5.32 Å². The van der Waals surface area contributed by atoms with E-state index in [1.165, 1.54) is 38.0 Å². The normalized spacial score (nSPS) is 28.6. The quantitative estimate of drug-likeness (QED) is 0.766. The van der Waals surface area contributed by atoms with Crippen LogP contribution in [0.4, 0.5) is 0 Å². The molecule has 0 bridgehead atoms. The van der Waals surface area contributed by atoms with Crippen LogP contribution in [0.2, 0.25) is 0 Å². The first-order valence-corrected chi connectivity index (χ1v) is 8.56. The molecule has 2 heteroatoms. The zero-order valence-electron chi connectivity index (χ0n) is 12.4. The van der Waals surface area contributed by atoms with Gasteiger partial charge in [0, 0.05) is 6.04 Å². The second-order valence-corrected chi connectivity index (χ2v) is 7.76. The van der Waals surface area contributed by atoms with Gasteiger partial charge in [-0.1, -0.05) is 27.7 Å². The zero-order chi connectivity index (χ0) is 12.9. The van der Waals surface area contributed by atoms with E-state index in [1.807, 2.05) is 11.8 Å². The summed E-state index contributed by atoms with van der Waals surface area (Å²) in [6.07, 6.45) is 7.90. The fraction of sp³-hybridized carbons (Fsp3) is 1.00. The molecule has 1 nitrogen and oxygen atoms in total. The molecule has 1 aliphatic rings. The first-order chi connectivity index (χ1) is 7.94. The summed E-state index contributed by atoms with van der Waals surface area (Å²) in [7, 11) is 0. The Morgan fingerprint density at radius 1 is 1.29 bits per heavy atom. The molecule has 0 aromatic carbocycles. The van der Waals surface area contributed by atoms with E-state index in [0.717, 1.165) is 11.8 Å². The minimum absolute atomic E-state index is 0.581. The number of hydrogen-bond acceptors (Lipinski definition) is 2. The lowest BCUT2D eigenvalue weighted by Crippen LogP contribution is -2.38. The highest BCUT2D eigenvalue weighted by Gasteiger charge is 2.34. The third kappa shape index (κ3) is 5.65. The number of hydrogen-bond donors (Lipinski definition) is 1. The molecule has 2 unspecified atom stereocenters. The van der Waals surface area contributed by atoms with Crippen LogP contribution in [-0.4, -0.2) is 24.6 Å². The molecule has 2 atom stereocenters. The molecule has 0 amide bonds. The maximum Gasteiger partial charge on any atom is 0.00104 e. The first-order valence-electron chi connectivity index (χ1n) is 7.17. The van der Waals surface area contributed by atoms with Crippen molar-refractivity contribution in [3.05, 3.63) is 0 Å². The van der Waals surface area contributed by atoms with Crippen molar-refractivity contribution in [3.63, 3.8) is 0 Å². The van der Waals surface area contributed by atoms with Crippen LogP contribution in [0, 0.1) is 17.3 Å². The first kappa shape index (κ1) is 15.4. The summed E-state index contributed by atoms with van der Waals surface area (Å²) in [4.78, 5) is 0. The molecule has 0 aromatic rings. The highest BCUT2D eigenvalue weighted by Crippen LogP contribution is 2.43. The van der Waals surface area contributed by atoms with Crippen LogP contribution in [0.1, 0.15) is 53.4 Å². The minimum Gasteiger partial charge on any atom is -0.314 e. The Morgan fingerprint density at radius 3 is 2.59 bits per heavy atom. The predicted molar refractivity (Wildman–Crippen MR) is 80.7 cm³/mol. The fourth-order valence-corrected chi connectivity index (χ4v) is 3.59. The van der Waals surface area contributed by atoms with Crippen LogP contribution >= 0.6 is 11.8 Å². The van der Waals surface area contributed by atoms with Crippen molar-refractivity contribution in [2.24, 2.45) is 17.3 Å². The van der Waals surface area contributed by atoms with E-state index in [9.17, 15) is 0 Å². The van der Waals surface area contributed by atoms with E-state index in [4.69, 9.17) is 0 Å². The molecule has 102 valence electrons. The van der Waals surface area contributed by atoms with Crippen molar-refractivity contribution in [1.29, 1.82) is 0 Å².